The zero-order valence-corrected chi connectivity index (χ0v) is 18.6. The van der Waals surface area contributed by atoms with Gasteiger partial charge in [0.25, 0.3) is 0 Å². The van der Waals surface area contributed by atoms with Gasteiger partial charge in [-0.2, -0.15) is 15.0 Å². The van der Waals surface area contributed by atoms with Crippen LogP contribution in [-0.4, -0.2) is 51.2 Å². The second-order valence-corrected chi connectivity index (χ2v) is 8.97. The smallest absolute Gasteiger partial charge is 0.310 e. The van der Waals surface area contributed by atoms with Crippen LogP contribution in [0, 0.1) is 11.8 Å². The maximum absolute atomic E-state index is 12.1. The van der Waals surface area contributed by atoms with Crippen molar-refractivity contribution in [2.24, 2.45) is 11.8 Å². The van der Waals surface area contributed by atoms with Crippen molar-refractivity contribution >= 4 is 29.8 Å². The second kappa shape index (κ2) is 9.71. The van der Waals surface area contributed by atoms with Crippen molar-refractivity contribution in [1.29, 1.82) is 0 Å². The summed E-state index contributed by atoms with van der Waals surface area (Å²) in [6, 6.07) is 0. The first kappa shape index (κ1) is 24.4. The monoisotopic (exact) mass is 410 g/mol. The zero-order valence-electron chi connectivity index (χ0n) is 18.6. The highest BCUT2D eigenvalue weighted by Crippen LogP contribution is 2.14. The van der Waals surface area contributed by atoms with Crippen LogP contribution in [0.3, 0.4) is 0 Å². The SMILES string of the molecule is CC(CNc1nc(N)nc(NCC(C)C(=O)OC(C)(C)C)n1)C(=O)OC(C)(C)C. The maximum Gasteiger partial charge on any atom is 0.310 e. The fraction of sp³-hybridized carbons (Fsp3) is 0.737. The summed E-state index contributed by atoms with van der Waals surface area (Å²) < 4.78 is 10.7. The lowest BCUT2D eigenvalue weighted by atomic mass is 10.1. The molecule has 29 heavy (non-hydrogen) atoms. The Labute approximate surface area is 172 Å². The normalized spacial score (nSPS) is 13.9. The predicted molar refractivity (Wildman–Crippen MR) is 111 cm³/mol. The van der Waals surface area contributed by atoms with Crippen molar-refractivity contribution in [2.45, 2.75) is 66.6 Å². The van der Waals surface area contributed by atoms with E-state index in [1.54, 1.807) is 13.8 Å². The van der Waals surface area contributed by atoms with Crippen LogP contribution < -0.4 is 16.4 Å². The molecule has 0 amide bonds. The molecule has 1 aromatic rings. The standard InChI is InChI=1S/C19H34N6O4/c1-11(13(26)28-18(3,4)5)9-21-16-23-15(20)24-17(25-16)22-10-12(2)14(27)29-19(6,7)8/h11-12H,9-10H2,1-8H3,(H4,20,21,22,23,24,25). The molecule has 164 valence electrons. The molecule has 2 atom stereocenters. The summed E-state index contributed by atoms with van der Waals surface area (Å²) in [7, 11) is 0. The van der Waals surface area contributed by atoms with Crippen LogP contribution in [0.25, 0.3) is 0 Å². The number of carbonyl (C=O) groups excluding carboxylic acids is 2. The van der Waals surface area contributed by atoms with Gasteiger partial charge >= 0.3 is 11.9 Å². The third kappa shape index (κ3) is 9.91. The number of hydrogen-bond acceptors (Lipinski definition) is 10. The van der Waals surface area contributed by atoms with Crippen LogP contribution >= 0.6 is 0 Å². The molecule has 0 bridgehead atoms. The van der Waals surface area contributed by atoms with Gasteiger partial charge in [0.2, 0.25) is 17.8 Å². The maximum atomic E-state index is 12.1. The number of aromatic nitrogens is 3. The van der Waals surface area contributed by atoms with Crippen molar-refractivity contribution in [3.05, 3.63) is 0 Å². The summed E-state index contributed by atoms with van der Waals surface area (Å²) in [5.41, 5.74) is 4.63. The molecule has 0 radical (unpaired) electrons. The lowest BCUT2D eigenvalue weighted by Gasteiger charge is -2.22. The summed E-state index contributed by atoms with van der Waals surface area (Å²) in [6.45, 7) is 14.9. The number of rotatable bonds is 8. The van der Waals surface area contributed by atoms with Crippen LogP contribution in [0.2, 0.25) is 0 Å². The van der Waals surface area contributed by atoms with E-state index in [2.05, 4.69) is 25.6 Å². The Morgan fingerprint density at radius 1 is 0.828 bits per heavy atom. The summed E-state index contributed by atoms with van der Waals surface area (Å²) >= 11 is 0. The zero-order chi connectivity index (χ0) is 22.4. The van der Waals surface area contributed by atoms with Crippen molar-refractivity contribution in [2.75, 3.05) is 29.5 Å². The summed E-state index contributed by atoms with van der Waals surface area (Å²) in [4.78, 5) is 36.4. The number of esters is 2. The Hall–Kier alpha value is -2.65. The van der Waals surface area contributed by atoms with E-state index < -0.39 is 23.0 Å². The molecule has 10 nitrogen and oxygen atoms in total. The van der Waals surface area contributed by atoms with Crippen LogP contribution in [0.5, 0.6) is 0 Å². The van der Waals surface area contributed by atoms with Gasteiger partial charge in [-0.1, -0.05) is 13.8 Å². The fourth-order valence-corrected chi connectivity index (χ4v) is 2.01. The van der Waals surface area contributed by atoms with E-state index >= 15 is 0 Å². The van der Waals surface area contributed by atoms with Crippen molar-refractivity contribution < 1.29 is 19.1 Å². The van der Waals surface area contributed by atoms with E-state index in [1.807, 2.05) is 41.5 Å². The fourth-order valence-electron chi connectivity index (χ4n) is 2.01. The van der Waals surface area contributed by atoms with Gasteiger partial charge in [0.05, 0.1) is 11.8 Å². The van der Waals surface area contributed by atoms with Gasteiger partial charge in [0.15, 0.2) is 0 Å². The van der Waals surface area contributed by atoms with Crippen molar-refractivity contribution in [3.63, 3.8) is 0 Å². The number of nitrogens with two attached hydrogens (primary N) is 1. The molecule has 0 fully saturated rings. The number of ether oxygens (including phenoxy) is 2. The quantitative estimate of drug-likeness (QED) is 0.546. The number of nitrogens with one attached hydrogen (secondary N) is 2. The Kier molecular flexibility index (Phi) is 8.16. The van der Waals surface area contributed by atoms with Gasteiger partial charge in [-0.25, -0.2) is 0 Å². The summed E-state index contributed by atoms with van der Waals surface area (Å²) in [5.74, 6) is -1.000. The third-order valence-electron chi connectivity index (χ3n) is 3.40. The van der Waals surface area contributed by atoms with Gasteiger partial charge < -0.3 is 25.8 Å². The first-order valence-corrected chi connectivity index (χ1v) is 9.61. The molecule has 0 aromatic carbocycles. The molecule has 0 aliphatic carbocycles. The van der Waals surface area contributed by atoms with E-state index in [9.17, 15) is 9.59 Å². The highest BCUT2D eigenvalue weighted by Gasteiger charge is 2.23. The van der Waals surface area contributed by atoms with Crippen LogP contribution in [-0.2, 0) is 19.1 Å². The minimum absolute atomic E-state index is 0.0137. The number of hydrogen-bond donors (Lipinski definition) is 3. The first-order valence-electron chi connectivity index (χ1n) is 9.61. The predicted octanol–water partition coefficient (Wildman–Crippen LogP) is 2.23. The molecular formula is C19H34N6O4. The van der Waals surface area contributed by atoms with Crippen molar-refractivity contribution in [3.8, 4) is 0 Å². The molecule has 4 N–H and O–H groups in total. The molecule has 1 aromatic heterocycles. The minimum Gasteiger partial charge on any atom is -0.460 e. The summed E-state index contributed by atoms with van der Waals surface area (Å²) in [5, 5.41) is 5.92. The molecule has 0 aliphatic heterocycles. The first-order chi connectivity index (χ1) is 13.2. The molecule has 1 rings (SSSR count). The average molecular weight is 411 g/mol. The highest BCUT2D eigenvalue weighted by atomic mass is 16.6. The molecule has 0 saturated carbocycles. The van der Waals surface area contributed by atoms with Crippen LogP contribution in [0.1, 0.15) is 55.4 Å². The number of anilines is 3. The van der Waals surface area contributed by atoms with E-state index in [-0.39, 0.29) is 42.9 Å². The van der Waals surface area contributed by atoms with Gasteiger partial charge in [0.1, 0.15) is 11.2 Å². The molecular weight excluding hydrogens is 376 g/mol. The van der Waals surface area contributed by atoms with Crippen LogP contribution in [0.15, 0.2) is 0 Å². The largest absolute Gasteiger partial charge is 0.460 e. The topological polar surface area (TPSA) is 141 Å². The van der Waals surface area contributed by atoms with Crippen molar-refractivity contribution in [1.82, 2.24) is 15.0 Å². The Morgan fingerprint density at radius 2 is 1.17 bits per heavy atom. The number of nitrogen functional groups attached to an aromatic ring is 1. The van der Waals surface area contributed by atoms with E-state index in [1.165, 1.54) is 0 Å². The van der Waals surface area contributed by atoms with E-state index in [0.717, 1.165) is 0 Å². The lowest BCUT2D eigenvalue weighted by Crippen LogP contribution is -2.31. The molecule has 10 heteroatoms. The van der Waals surface area contributed by atoms with Gasteiger partial charge in [0, 0.05) is 13.1 Å². The van der Waals surface area contributed by atoms with E-state index in [0.29, 0.717) is 0 Å². The molecule has 0 aliphatic rings. The third-order valence-corrected chi connectivity index (χ3v) is 3.40. The molecule has 1 heterocycles. The average Bonchev–Trinajstić information content (AvgIpc) is 2.54. The highest BCUT2D eigenvalue weighted by molar-refractivity contribution is 5.73. The van der Waals surface area contributed by atoms with Gasteiger partial charge in [-0.15, -0.1) is 0 Å². The van der Waals surface area contributed by atoms with E-state index in [4.69, 9.17) is 15.2 Å². The van der Waals surface area contributed by atoms with Crippen LogP contribution in [0.4, 0.5) is 17.8 Å². The Morgan fingerprint density at radius 3 is 1.48 bits per heavy atom. The van der Waals surface area contributed by atoms with Gasteiger partial charge in [-0.05, 0) is 41.5 Å². The molecule has 0 spiro atoms. The molecule has 2 unspecified atom stereocenters. The Bertz CT molecular complexity index is 655. The Balaban J connectivity index is 2.64. The minimum atomic E-state index is -0.551. The molecule has 0 saturated heterocycles. The lowest BCUT2D eigenvalue weighted by molar-refractivity contribution is -0.159. The number of carbonyl (C=O) groups is 2. The summed E-state index contributed by atoms with van der Waals surface area (Å²) in [6.07, 6.45) is 0. The second-order valence-electron chi connectivity index (χ2n) is 8.97. The van der Waals surface area contributed by atoms with Gasteiger partial charge in [-0.3, -0.25) is 9.59 Å². The number of nitrogens with zero attached hydrogens (tertiary/aromatic N) is 3.